The van der Waals surface area contributed by atoms with Crippen molar-refractivity contribution < 1.29 is 9.47 Å². The summed E-state index contributed by atoms with van der Waals surface area (Å²) in [5, 5.41) is 1.01. The number of fused-ring (bicyclic) bond motifs is 1. The Morgan fingerprint density at radius 1 is 1.24 bits per heavy atom. The minimum Gasteiger partial charge on any atom is -0.482 e. The van der Waals surface area contributed by atoms with Crippen molar-refractivity contribution in [2.24, 2.45) is 10.7 Å². The van der Waals surface area contributed by atoms with E-state index in [1.165, 1.54) is 0 Å². The summed E-state index contributed by atoms with van der Waals surface area (Å²) in [5.41, 5.74) is 11.9. The van der Waals surface area contributed by atoms with E-state index in [1.54, 1.807) is 14.2 Å². The van der Waals surface area contributed by atoms with Crippen LogP contribution in [0.1, 0.15) is 31.0 Å². The molecule has 0 radical (unpaired) electrons. The van der Waals surface area contributed by atoms with Gasteiger partial charge in [0.1, 0.15) is 5.65 Å². The summed E-state index contributed by atoms with van der Waals surface area (Å²) < 4.78 is 10.6. The maximum Gasteiger partial charge on any atom is 0.212 e. The Labute approximate surface area is 194 Å². The predicted molar refractivity (Wildman–Crippen MR) is 132 cm³/mol. The number of likely N-dealkylation sites (tertiary alicyclic amines) is 1. The summed E-state index contributed by atoms with van der Waals surface area (Å²) in [4.78, 5) is 19.7. The van der Waals surface area contributed by atoms with Gasteiger partial charge in [0.25, 0.3) is 0 Å². The Balaban J connectivity index is 1.75. The molecule has 1 saturated heterocycles. The second-order valence-corrected chi connectivity index (χ2v) is 8.34. The van der Waals surface area contributed by atoms with Crippen molar-refractivity contribution in [3.05, 3.63) is 47.7 Å². The molecule has 3 aromatic rings. The van der Waals surface area contributed by atoms with Crippen LogP contribution in [0.4, 0.5) is 0 Å². The molecule has 0 amide bonds. The van der Waals surface area contributed by atoms with Gasteiger partial charge in [-0.25, -0.2) is 9.97 Å². The summed E-state index contributed by atoms with van der Waals surface area (Å²) in [6, 6.07) is 6.27. The fourth-order valence-electron chi connectivity index (χ4n) is 4.23. The lowest BCUT2D eigenvalue weighted by atomic mass is 10.0. The number of H-pyrrole nitrogens is 1. The molecule has 0 atom stereocenters. The highest BCUT2D eigenvalue weighted by Gasteiger charge is 2.18. The minimum absolute atomic E-state index is 0.289. The molecule has 33 heavy (non-hydrogen) atoms. The summed E-state index contributed by atoms with van der Waals surface area (Å²) in [6.45, 7) is 4.22. The van der Waals surface area contributed by atoms with Crippen molar-refractivity contribution in [2.45, 2.75) is 32.2 Å². The quantitative estimate of drug-likeness (QED) is 0.423. The van der Waals surface area contributed by atoms with Gasteiger partial charge in [-0.05, 0) is 51.5 Å². The zero-order chi connectivity index (χ0) is 23.4. The van der Waals surface area contributed by atoms with Crippen molar-refractivity contribution in [1.29, 1.82) is 0 Å². The van der Waals surface area contributed by atoms with Crippen molar-refractivity contribution in [2.75, 3.05) is 34.4 Å². The number of pyridine rings is 2. The predicted octanol–water partition coefficient (Wildman–Crippen LogP) is 3.63. The van der Waals surface area contributed by atoms with Gasteiger partial charge < -0.3 is 25.1 Å². The fourth-order valence-corrected chi connectivity index (χ4v) is 4.23. The lowest BCUT2D eigenvalue weighted by Crippen LogP contribution is -2.32. The van der Waals surface area contributed by atoms with Crippen LogP contribution < -0.4 is 10.5 Å². The van der Waals surface area contributed by atoms with Crippen LogP contribution >= 0.6 is 0 Å². The first kappa shape index (κ1) is 22.8. The number of allylic oxidation sites excluding steroid dienone is 1. The highest BCUT2D eigenvalue weighted by molar-refractivity contribution is 6.11. The van der Waals surface area contributed by atoms with Gasteiger partial charge >= 0.3 is 0 Å². The van der Waals surface area contributed by atoms with Gasteiger partial charge in [0, 0.05) is 52.4 Å². The third kappa shape index (κ3) is 4.85. The molecule has 3 N–H and O–H groups in total. The second-order valence-electron chi connectivity index (χ2n) is 8.34. The Kier molecular flexibility index (Phi) is 6.93. The SMILES string of the molecule is CCc1[nH]c2ncc(/C(C=NC3CCN(C)CC3)=C(/N)OC)cc2c1-c1ccc(OC)nc1. The molecule has 0 bridgehead atoms. The van der Waals surface area contributed by atoms with Crippen LogP contribution in [0.2, 0.25) is 0 Å². The number of nitrogens with one attached hydrogen (secondary N) is 1. The summed E-state index contributed by atoms with van der Waals surface area (Å²) in [6.07, 6.45) is 8.41. The smallest absolute Gasteiger partial charge is 0.212 e. The fraction of sp³-hybridized carbons (Fsp3) is 0.400. The number of piperidine rings is 1. The first-order valence-corrected chi connectivity index (χ1v) is 11.3. The van der Waals surface area contributed by atoms with Crippen LogP contribution in [-0.4, -0.2) is 66.5 Å². The molecule has 0 aliphatic carbocycles. The van der Waals surface area contributed by atoms with E-state index in [2.05, 4.69) is 34.9 Å². The van der Waals surface area contributed by atoms with Crippen LogP contribution in [0, 0.1) is 0 Å². The van der Waals surface area contributed by atoms with E-state index in [0.717, 1.165) is 71.3 Å². The molecular weight excluding hydrogens is 416 g/mol. The van der Waals surface area contributed by atoms with Gasteiger partial charge in [0.15, 0.2) is 5.88 Å². The number of nitrogens with zero attached hydrogens (tertiary/aromatic N) is 4. The molecule has 3 aromatic heterocycles. The van der Waals surface area contributed by atoms with Gasteiger partial charge in [-0.2, -0.15) is 0 Å². The molecule has 1 fully saturated rings. The summed E-state index contributed by atoms with van der Waals surface area (Å²) >= 11 is 0. The molecule has 1 aliphatic heterocycles. The molecular formula is C25H32N6O2. The maximum absolute atomic E-state index is 6.24. The van der Waals surface area contributed by atoms with Crippen molar-refractivity contribution >= 4 is 22.8 Å². The van der Waals surface area contributed by atoms with Gasteiger partial charge in [0.2, 0.25) is 5.88 Å². The van der Waals surface area contributed by atoms with Crippen molar-refractivity contribution in [1.82, 2.24) is 19.9 Å². The standard InChI is InChI=1S/C25H32N6O2/c1-5-21-23(16-6-7-22(32-3)28-13-16)19-12-17(14-29-25(19)30-21)20(24(26)33-4)15-27-18-8-10-31(2)11-9-18/h6-7,12-15,18H,5,8-11,26H2,1-4H3,(H,29,30)/b24-20-,27-15?. The second kappa shape index (κ2) is 10.0. The van der Waals surface area contributed by atoms with E-state index in [0.29, 0.717) is 11.8 Å². The molecule has 0 spiro atoms. The van der Waals surface area contributed by atoms with E-state index in [9.17, 15) is 0 Å². The monoisotopic (exact) mass is 448 g/mol. The zero-order valence-corrected chi connectivity index (χ0v) is 19.8. The largest absolute Gasteiger partial charge is 0.482 e. The van der Waals surface area contributed by atoms with E-state index in [4.69, 9.17) is 25.2 Å². The number of ether oxygens (including phenoxy) is 2. The molecule has 0 saturated carbocycles. The van der Waals surface area contributed by atoms with Crippen LogP contribution in [0.25, 0.3) is 27.7 Å². The van der Waals surface area contributed by atoms with Crippen molar-refractivity contribution in [3.8, 4) is 17.0 Å². The number of hydrogen-bond donors (Lipinski definition) is 2. The average Bonchev–Trinajstić information content (AvgIpc) is 3.23. The molecule has 174 valence electrons. The number of aromatic amines is 1. The lowest BCUT2D eigenvalue weighted by Gasteiger charge is -2.26. The molecule has 0 aromatic carbocycles. The number of nitrogens with two attached hydrogens (primary N) is 1. The highest BCUT2D eigenvalue weighted by atomic mass is 16.5. The molecule has 4 heterocycles. The summed E-state index contributed by atoms with van der Waals surface area (Å²) in [7, 11) is 5.33. The average molecular weight is 449 g/mol. The van der Waals surface area contributed by atoms with Crippen molar-refractivity contribution in [3.63, 3.8) is 0 Å². The number of methoxy groups -OCH3 is 2. The first-order valence-electron chi connectivity index (χ1n) is 11.3. The first-order chi connectivity index (χ1) is 16.0. The molecule has 4 rings (SSSR count). The van der Waals surface area contributed by atoms with E-state index in [-0.39, 0.29) is 6.04 Å². The lowest BCUT2D eigenvalue weighted by molar-refractivity contribution is 0.257. The van der Waals surface area contributed by atoms with E-state index >= 15 is 0 Å². The Morgan fingerprint density at radius 2 is 2.03 bits per heavy atom. The van der Waals surface area contributed by atoms with Crippen LogP contribution in [0.15, 0.2) is 41.5 Å². The number of aromatic nitrogens is 3. The third-order valence-corrected chi connectivity index (χ3v) is 6.21. The minimum atomic E-state index is 0.289. The maximum atomic E-state index is 6.24. The number of hydrogen-bond acceptors (Lipinski definition) is 7. The van der Waals surface area contributed by atoms with Gasteiger partial charge in [-0.1, -0.05) is 6.92 Å². The number of rotatable bonds is 7. The number of aryl methyl sites for hydroxylation is 1. The zero-order valence-electron chi connectivity index (χ0n) is 19.8. The van der Waals surface area contributed by atoms with Gasteiger partial charge in [0.05, 0.1) is 25.8 Å². The Morgan fingerprint density at radius 3 is 2.67 bits per heavy atom. The Hall–Kier alpha value is -3.39. The Bertz CT molecular complexity index is 1160. The summed E-state index contributed by atoms with van der Waals surface area (Å²) in [5.74, 6) is 0.908. The third-order valence-electron chi connectivity index (χ3n) is 6.21. The topological polar surface area (TPSA) is 102 Å². The number of aliphatic imine (C=N–C) groups is 1. The highest BCUT2D eigenvalue weighted by Crippen LogP contribution is 2.34. The van der Waals surface area contributed by atoms with Crippen LogP contribution in [-0.2, 0) is 11.2 Å². The van der Waals surface area contributed by atoms with Crippen LogP contribution in [0.3, 0.4) is 0 Å². The van der Waals surface area contributed by atoms with Crippen LogP contribution in [0.5, 0.6) is 5.88 Å². The molecule has 8 nitrogen and oxygen atoms in total. The normalized spacial score (nSPS) is 16.4. The molecule has 0 unspecified atom stereocenters. The van der Waals surface area contributed by atoms with Gasteiger partial charge in [-0.15, -0.1) is 0 Å². The van der Waals surface area contributed by atoms with E-state index in [1.807, 2.05) is 30.7 Å². The van der Waals surface area contributed by atoms with Gasteiger partial charge in [-0.3, -0.25) is 4.99 Å². The molecule has 8 heteroatoms. The van der Waals surface area contributed by atoms with E-state index < -0.39 is 0 Å². The molecule has 1 aliphatic rings.